The predicted octanol–water partition coefficient (Wildman–Crippen LogP) is 2.86. The van der Waals surface area contributed by atoms with Crippen LogP contribution in [0.15, 0.2) is 48.0 Å². The van der Waals surface area contributed by atoms with Crippen LogP contribution in [0.1, 0.15) is 28.8 Å². The third-order valence-electron chi connectivity index (χ3n) is 5.56. The van der Waals surface area contributed by atoms with Crippen molar-refractivity contribution in [3.05, 3.63) is 65.0 Å². The zero-order valence-electron chi connectivity index (χ0n) is 18.6. The highest BCUT2D eigenvalue weighted by Crippen LogP contribution is 2.25. The molecule has 2 heterocycles. The zero-order valence-corrected chi connectivity index (χ0v) is 18.6. The summed E-state index contributed by atoms with van der Waals surface area (Å²) in [6.07, 6.45) is 1.69. The SMILES string of the molecule is O=C1NC(=O)C(=Cc2ccc(OC3CCN(C(=O)c4ccc(OC(F)F)cc4)CC3)c(F)c2)C(=O)N1. The van der Waals surface area contributed by atoms with Gasteiger partial charge in [-0.15, -0.1) is 0 Å². The summed E-state index contributed by atoms with van der Waals surface area (Å²) in [5.41, 5.74) is 0.215. The maximum Gasteiger partial charge on any atom is 0.387 e. The number of hydrogen-bond acceptors (Lipinski definition) is 6. The Morgan fingerprint density at radius 3 is 2.22 bits per heavy atom. The van der Waals surface area contributed by atoms with Gasteiger partial charge in [0.25, 0.3) is 17.7 Å². The standard InChI is InChI=1S/C24H20F3N3O6/c25-18-12-13(11-17-20(31)28-24(34)29-21(17)32)1-6-19(18)35-16-7-9-30(10-8-16)22(33)14-2-4-15(5-3-14)36-23(26)27/h1-6,11-12,16,23H,7-10H2,(H2,28,29,31,32,34). The van der Waals surface area contributed by atoms with Crippen molar-refractivity contribution in [2.45, 2.75) is 25.6 Å². The molecule has 4 rings (SSSR count). The number of urea groups is 1. The van der Waals surface area contributed by atoms with Gasteiger partial charge in [0, 0.05) is 31.5 Å². The van der Waals surface area contributed by atoms with E-state index in [4.69, 9.17) is 4.74 Å². The first-order valence-electron chi connectivity index (χ1n) is 10.9. The summed E-state index contributed by atoms with van der Waals surface area (Å²) in [5, 5.41) is 3.87. The number of nitrogens with zero attached hydrogens (tertiary/aromatic N) is 1. The number of benzene rings is 2. The Bertz CT molecular complexity index is 1200. The van der Waals surface area contributed by atoms with E-state index in [0.29, 0.717) is 31.5 Å². The molecule has 0 unspecified atom stereocenters. The van der Waals surface area contributed by atoms with Crippen LogP contribution in [0, 0.1) is 5.82 Å². The van der Waals surface area contributed by atoms with E-state index >= 15 is 0 Å². The Morgan fingerprint density at radius 1 is 1.00 bits per heavy atom. The molecular formula is C24H20F3N3O6. The van der Waals surface area contributed by atoms with Crippen LogP contribution in [0.3, 0.4) is 0 Å². The van der Waals surface area contributed by atoms with Crippen LogP contribution in [0.5, 0.6) is 11.5 Å². The van der Waals surface area contributed by atoms with Gasteiger partial charge in [-0.2, -0.15) is 8.78 Å². The first-order chi connectivity index (χ1) is 17.2. The fraction of sp³-hybridized carbons (Fsp3) is 0.250. The van der Waals surface area contributed by atoms with Crippen molar-refractivity contribution in [3.63, 3.8) is 0 Å². The van der Waals surface area contributed by atoms with E-state index < -0.39 is 30.3 Å². The Kier molecular flexibility index (Phi) is 7.23. The van der Waals surface area contributed by atoms with Crippen molar-refractivity contribution in [1.82, 2.24) is 15.5 Å². The first-order valence-corrected chi connectivity index (χ1v) is 10.9. The second-order valence-corrected chi connectivity index (χ2v) is 8.00. The van der Waals surface area contributed by atoms with E-state index in [2.05, 4.69) is 4.74 Å². The summed E-state index contributed by atoms with van der Waals surface area (Å²) in [6.45, 7) is -2.24. The molecule has 0 aromatic heterocycles. The molecule has 2 aromatic carbocycles. The fourth-order valence-corrected chi connectivity index (χ4v) is 3.79. The van der Waals surface area contributed by atoms with Gasteiger partial charge in [-0.1, -0.05) is 6.07 Å². The number of carbonyl (C=O) groups is 4. The highest BCUT2D eigenvalue weighted by atomic mass is 19.3. The maximum atomic E-state index is 14.6. The van der Waals surface area contributed by atoms with Gasteiger partial charge >= 0.3 is 12.6 Å². The Hall–Kier alpha value is -4.35. The Balaban J connectivity index is 1.33. The summed E-state index contributed by atoms with van der Waals surface area (Å²) < 4.78 is 49.2. The molecule has 0 saturated carbocycles. The number of halogens is 3. The Labute approximate surface area is 202 Å². The molecule has 2 saturated heterocycles. The molecule has 0 aliphatic carbocycles. The molecular weight excluding hydrogens is 483 g/mol. The number of hydrogen-bond donors (Lipinski definition) is 2. The van der Waals surface area contributed by atoms with Crippen LogP contribution in [-0.2, 0) is 9.59 Å². The van der Waals surface area contributed by atoms with Gasteiger partial charge in [0.05, 0.1) is 0 Å². The lowest BCUT2D eigenvalue weighted by Gasteiger charge is -2.32. The topological polar surface area (TPSA) is 114 Å². The van der Waals surface area contributed by atoms with Gasteiger partial charge in [-0.05, 0) is 48.0 Å². The van der Waals surface area contributed by atoms with E-state index in [1.807, 2.05) is 10.6 Å². The number of ether oxygens (including phenoxy) is 2. The van der Waals surface area contributed by atoms with Gasteiger partial charge in [0.1, 0.15) is 17.4 Å². The van der Waals surface area contributed by atoms with Crippen LogP contribution < -0.4 is 20.1 Å². The molecule has 0 bridgehead atoms. The zero-order chi connectivity index (χ0) is 25.8. The molecule has 9 nitrogen and oxygen atoms in total. The van der Waals surface area contributed by atoms with Crippen LogP contribution >= 0.6 is 0 Å². The average Bonchev–Trinajstić information content (AvgIpc) is 2.83. The van der Waals surface area contributed by atoms with Gasteiger partial charge in [-0.3, -0.25) is 25.0 Å². The number of barbiturate groups is 1. The lowest BCUT2D eigenvalue weighted by Crippen LogP contribution is -2.51. The monoisotopic (exact) mass is 503 g/mol. The van der Waals surface area contributed by atoms with E-state index in [1.54, 1.807) is 4.90 Å². The van der Waals surface area contributed by atoms with E-state index in [0.717, 1.165) is 12.1 Å². The number of nitrogens with one attached hydrogen (secondary N) is 2. The Morgan fingerprint density at radius 2 is 1.64 bits per heavy atom. The molecule has 188 valence electrons. The minimum absolute atomic E-state index is 0.0238. The molecule has 36 heavy (non-hydrogen) atoms. The first kappa shape index (κ1) is 24.8. The lowest BCUT2D eigenvalue weighted by molar-refractivity contribution is -0.123. The summed E-state index contributed by atoms with van der Waals surface area (Å²) >= 11 is 0. The van der Waals surface area contributed by atoms with E-state index in [9.17, 15) is 32.3 Å². The summed E-state index contributed by atoms with van der Waals surface area (Å²) in [4.78, 5) is 49.0. The second kappa shape index (κ2) is 10.5. The van der Waals surface area contributed by atoms with Gasteiger partial charge in [0.15, 0.2) is 11.6 Å². The van der Waals surface area contributed by atoms with Crippen molar-refractivity contribution in [2.24, 2.45) is 0 Å². The largest absolute Gasteiger partial charge is 0.487 e. The summed E-state index contributed by atoms with van der Waals surface area (Å²) in [5.74, 6) is -2.81. The van der Waals surface area contributed by atoms with Crippen molar-refractivity contribution in [2.75, 3.05) is 13.1 Å². The van der Waals surface area contributed by atoms with E-state index in [-0.39, 0.29) is 34.6 Å². The lowest BCUT2D eigenvalue weighted by atomic mass is 10.1. The number of alkyl halides is 2. The van der Waals surface area contributed by atoms with E-state index in [1.165, 1.54) is 36.4 Å². The second-order valence-electron chi connectivity index (χ2n) is 8.00. The normalized spacial score (nSPS) is 16.5. The fourth-order valence-electron chi connectivity index (χ4n) is 3.79. The van der Waals surface area contributed by atoms with Crippen molar-refractivity contribution < 1.29 is 41.8 Å². The number of amides is 5. The molecule has 5 amide bonds. The highest BCUT2D eigenvalue weighted by Gasteiger charge is 2.28. The summed E-state index contributed by atoms with van der Waals surface area (Å²) in [7, 11) is 0. The molecule has 0 atom stereocenters. The molecule has 12 heteroatoms. The number of likely N-dealkylation sites (tertiary alicyclic amines) is 1. The quantitative estimate of drug-likeness (QED) is 0.463. The number of rotatable bonds is 6. The predicted molar refractivity (Wildman–Crippen MR) is 119 cm³/mol. The van der Waals surface area contributed by atoms with Crippen LogP contribution in [0.25, 0.3) is 6.08 Å². The van der Waals surface area contributed by atoms with Crippen molar-refractivity contribution >= 4 is 29.8 Å². The number of imide groups is 2. The molecule has 0 spiro atoms. The summed E-state index contributed by atoms with van der Waals surface area (Å²) in [6, 6.07) is 8.41. The average molecular weight is 503 g/mol. The van der Waals surface area contributed by atoms with Crippen LogP contribution in [-0.4, -0.2) is 54.5 Å². The molecule has 2 fully saturated rings. The highest BCUT2D eigenvalue weighted by molar-refractivity contribution is 6.31. The van der Waals surface area contributed by atoms with Crippen molar-refractivity contribution in [1.29, 1.82) is 0 Å². The number of piperidine rings is 1. The molecule has 2 aliphatic heterocycles. The minimum Gasteiger partial charge on any atom is -0.487 e. The van der Waals surface area contributed by atoms with Crippen LogP contribution in [0.4, 0.5) is 18.0 Å². The van der Waals surface area contributed by atoms with Gasteiger partial charge < -0.3 is 14.4 Å². The molecule has 2 aliphatic rings. The third kappa shape index (κ3) is 5.82. The smallest absolute Gasteiger partial charge is 0.387 e. The number of carbonyl (C=O) groups excluding carboxylic acids is 4. The molecule has 0 radical (unpaired) electrons. The minimum atomic E-state index is -2.95. The maximum absolute atomic E-state index is 14.6. The molecule has 2 N–H and O–H groups in total. The van der Waals surface area contributed by atoms with Crippen LogP contribution in [0.2, 0.25) is 0 Å². The van der Waals surface area contributed by atoms with Gasteiger partial charge in [0.2, 0.25) is 0 Å². The molecule has 2 aromatic rings. The van der Waals surface area contributed by atoms with Crippen molar-refractivity contribution in [3.8, 4) is 11.5 Å². The van der Waals surface area contributed by atoms with Gasteiger partial charge in [-0.25, -0.2) is 9.18 Å². The third-order valence-corrected chi connectivity index (χ3v) is 5.56.